The Morgan fingerprint density at radius 1 is 0.364 bits per heavy atom. The van der Waals surface area contributed by atoms with Gasteiger partial charge in [-0.05, 0) is 72.9 Å². The van der Waals surface area contributed by atoms with E-state index in [4.69, 9.17) is 0 Å². The second kappa shape index (κ2) is 8.28. The van der Waals surface area contributed by atoms with Gasteiger partial charge in [-0.1, -0.05) is 134 Å². The SMILES string of the molecule is Cc1cc(C(C)(C)C)c(-c2c(C(C)(C)C)cc(C(C)(C)C)cc2C(C)(C)C)c(C(C)(C)C)c1. The van der Waals surface area contributed by atoms with Gasteiger partial charge in [0.2, 0.25) is 0 Å². The van der Waals surface area contributed by atoms with Crippen molar-refractivity contribution >= 4 is 0 Å². The first-order valence-electron chi connectivity index (χ1n) is 12.8. The molecule has 0 radical (unpaired) electrons. The fourth-order valence-corrected chi connectivity index (χ4v) is 4.77. The number of rotatable bonds is 1. The first-order valence-corrected chi connectivity index (χ1v) is 12.8. The smallest absolute Gasteiger partial charge is 0.0103 e. The maximum Gasteiger partial charge on any atom is -0.0103 e. The maximum atomic E-state index is 2.52. The minimum atomic E-state index is 0.0335. The lowest BCUT2D eigenvalue weighted by molar-refractivity contribution is 0.545. The van der Waals surface area contributed by atoms with E-state index in [1.54, 1.807) is 0 Å². The van der Waals surface area contributed by atoms with Crippen LogP contribution >= 0.6 is 0 Å². The van der Waals surface area contributed by atoms with Gasteiger partial charge in [-0.3, -0.25) is 0 Å². The van der Waals surface area contributed by atoms with Gasteiger partial charge in [0.1, 0.15) is 0 Å². The third kappa shape index (κ3) is 5.93. The van der Waals surface area contributed by atoms with Crippen LogP contribution in [0.25, 0.3) is 11.1 Å². The monoisotopic (exact) mass is 448 g/mol. The number of benzene rings is 2. The topological polar surface area (TPSA) is 0 Å². The molecule has 0 amide bonds. The van der Waals surface area contributed by atoms with Crippen LogP contribution in [-0.4, -0.2) is 0 Å². The molecule has 0 aromatic heterocycles. The number of hydrogen-bond donors (Lipinski definition) is 0. The zero-order chi connectivity index (χ0) is 25.9. The van der Waals surface area contributed by atoms with Crippen molar-refractivity contribution < 1.29 is 0 Å². The fourth-order valence-electron chi connectivity index (χ4n) is 4.77. The lowest BCUT2D eigenvalue weighted by Crippen LogP contribution is -2.26. The Bertz CT molecular complexity index is 940. The molecule has 2 aromatic rings. The van der Waals surface area contributed by atoms with Crippen LogP contribution in [0.2, 0.25) is 0 Å². The molecule has 0 heteroatoms. The zero-order valence-corrected chi connectivity index (χ0v) is 24.8. The van der Waals surface area contributed by atoms with E-state index < -0.39 is 0 Å². The third-order valence-electron chi connectivity index (χ3n) is 6.77. The van der Waals surface area contributed by atoms with Crippen LogP contribution in [0.1, 0.15) is 137 Å². The van der Waals surface area contributed by atoms with E-state index in [9.17, 15) is 0 Å². The molecule has 0 aliphatic heterocycles. The summed E-state index contributed by atoms with van der Waals surface area (Å²) in [6, 6.07) is 9.93. The van der Waals surface area contributed by atoms with E-state index in [0.717, 1.165) is 0 Å². The normalized spacial score (nSPS) is 14.1. The molecule has 0 N–H and O–H groups in total. The molecule has 0 fully saturated rings. The summed E-state index contributed by atoms with van der Waals surface area (Å²) in [7, 11) is 0. The molecule has 33 heavy (non-hydrogen) atoms. The Hall–Kier alpha value is -1.56. The zero-order valence-electron chi connectivity index (χ0n) is 24.8. The minimum absolute atomic E-state index is 0.0335. The van der Waals surface area contributed by atoms with Gasteiger partial charge < -0.3 is 0 Å². The van der Waals surface area contributed by atoms with Gasteiger partial charge in [0.15, 0.2) is 0 Å². The van der Waals surface area contributed by atoms with Crippen LogP contribution in [0.4, 0.5) is 0 Å². The molecule has 0 bridgehead atoms. The first kappa shape index (κ1) is 27.7. The van der Waals surface area contributed by atoms with Crippen molar-refractivity contribution in [2.24, 2.45) is 0 Å². The van der Waals surface area contributed by atoms with Crippen molar-refractivity contribution in [2.45, 2.75) is 138 Å². The third-order valence-corrected chi connectivity index (χ3v) is 6.77. The first-order chi connectivity index (χ1) is 14.5. The highest BCUT2D eigenvalue weighted by atomic mass is 14.4. The van der Waals surface area contributed by atoms with E-state index in [0.29, 0.717) is 0 Å². The molecule has 0 aliphatic carbocycles. The predicted molar refractivity (Wildman–Crippen MR) is 150 cm³/mol. The maximum absolute atomic E-state index is 2.52. The quantitative estimate of drug-likeness (QED) is 0.407. The van der Waals surface area contributed by atoms with Crippen molar-refractivity contribution in [3.8, 4) is 11.1 Å². The Kier molecular flexibility index (Phi) is 6.95. The molecule has 184 valence electrons. The summed E-state index contributed by atoms with van der Waals surface area (Å²) < 4.78 is 0. The molecule has 2 rings (SSSR count). The van der Waals surface area contributed by atoms with Gasteiger partial charge in [-0.2, -0.15) is 0 Å². The van der Waals surface area contributed by atoms with Crippen LogP contribution in [0, 0.1) is 6.92 Å². The average molecular weight is 449 g/mol. The summed E-state index contributed by atoms with van der Waals surface area (Å²) in [6.07, 6.45) is 0. The van der Waals surface area contributed by atoms with Gasteiger partial charge in [0, 0.05) is 0 Å². The molecule has 0 atom stereocenters. The van der Waals surface area contributed by atoms with Crippen molar-refractivity contribution in [3.05, 3.63) is 57.6 Å². The van der Waals surface area contributed by atoms with Crippen molar-refractivity contribution in [2.75, 3.05) is 0 Å². The Morgan fingerprint density at radius 3 is 0.818 bits per heavy atom. The highest BCUT2D eigenvalue weighted by Gasteiger charge is 2.35. The highest BCUT2D eigenvalue weighted by molar-refractivity contribution is 5.81. The molecular formula is C33H52. The molecule has 0 aliphatic rings. The summed E-state index contributed by atoms with van der Waals surface area (Å²) in [4.78, 5) is 0. The van der Waals surface area contributed by atoms with Crippen LogP contribution in [0.3, 0.4) is 0 Å². The Balaban J connectivity index is 3.33. The van der Waals surface area contributed by atoms with Crippen LogP contribution in [-0.2, 0) is 27.1 Å². The van der Waals surface area contributed by atoms with Crippen molar-refractivity contribution in [1.82, 2.24) is 0 Å². The number of aryl methyl sites for hydroxylation is 1. The van der Waals surface area contributed by atoms with Crippen LogP contribution in [0.15, 0.2) is 24.3 Å². The lowest BCUT2D eigenvalue weighted by atomic mass is 9.66. The molecule has 0 saturated heterocycles. The second-order valence-electron chi connectivity index (χ2n) is 15.4. The van der Waals surface area contributed by atoms with Crippen molar-refractivity contribution in [3.63, 3.8) is 0 Å². The van der Waals surface area contributed by atoms with Gasteiger partial charge in [-0.25, -0.2) is 0 Å². The van der Waals surface area contributed by atoms with Crippen LogP contribution in [0.5, 0.6) is 0 Å². The summed E-state index contributed by atoms with van der Waals surface area (Å²) in [5.74, 6) is 0. The molecular weight excluding hydrogens is 396 g/mol. The predicted octanol–water partition coefficient (Wildman–Crippen LogP) is 10.1. The number of hydrogen-bond acceptors (Lipinski definition) is 0. The second-order valence-corrected chi connectivity index (χ2v) is 15.4. The minimum Gasteiger partial charge on any atom is -0.0561 e. The molecule has 0 nitrogen and oxygen atoms in total. The molecule has 0 unspecified atom stereocenters. The summed E-state index contributed by atoms with van der Waals surface area (Å²) in [5, 5.41) is 0. The molecule has 2 aromatic carbocycles. The average Bonchev–Trinajstić information content (AvgIpc) is 2.56. The molecule has 0 heterocycles. The Labute approximate surface area is 206 Å². The van der Waals surface area contributed by atoms with E-state index in [1.165, 1.54) is 44.5 Å². The van der Waals surface area contributed by atoms with Crippen LogP contribution < -0.4 is 0 Å². The van der Waals surface area contributed by atoms with Gasteiger partial charge in [0.25, 0.3) is 0 Å². The molecule has 0 spiro atoms. The van der Waals surface area contributed by atoms with Gasteiger partial charge in [0.05, 0.1) is 0 Å². The van der Waals surface area contributed by atoms with Gasteiger partial charge in [-0.15, -0.1) is 0 Å². The standard InChI is InChI=1S/C33H52/c1-21-17-23(30(5,6)7)27(24(18-21)31(8,9)10)28-25(32(11,12)13)19-22(29(2,3)4)20-26(28)33(14,15)16/h17-20H,1-16H3. The largest absolute Gasteiger partial charge is 0.0561 e. The van der Waals surface area contributed by atoms with E-state index >= 15 is 0 Å². The summed E-state index contributed by atoms with van der Waals surface area (Å²) >= 11 is 0. The summed E-state index contributed by atoms with van der Waals surface area (Å²) in [5.41, 5.74) is 11.9. The van der Waals surface area contributed by atoms with E-state index in [1.807, 2.05) is 0 Å². The summed E-state index contributed by atoms with van der Waals surface area (Å²) in [6.45, 7) is 37.8. The highest BCUT2D eigenvalue weighted by Crippen LogP contribution is 2.49. The van der Waals surface area contributed by atoms with E-state index in [-0.39, 0.29) is 27.1 Å². The molecule has 0 saturated carbocycles. The lowest BCUT2D eigenvalue weighted by Gasteiger charge is -2.38. The fraction of sp³-hybridized carbons (Fsp3) is 0.636. The Morgan fingerprint density at radius 2 is 0.606 bits per heavy atom. The van der Waals surface area contributed by atoms with Crippen molar-refractivity contribution in [1.29, 1.82) is 0 Å². The van der Waals surface area contributed by atoms with Gasteiger partial charge >= 0.3 is 0 Å². The van der Waals surface area contributed by atoms with E-state index in [2.05, 4.69) is 135 Å².